The molecule has 88 valence electrons. The van der Waals surface area contributed by atoms with Crippen molar-refractivity contribution in [1.82, 2.24) is 0 Å². The van der Waals surface area contributed by atoms with Crippen LogP contribution in [0.25, 0.3) is 0 Å². The van der Waals surface area contributed by atoms with Crippen molar-refractivity contribution in [2.45, 2.75) is 12.8 Å². The molecule has 0 amide bonds. The second-order valence-electron chi connectivity index (χ2n) is 3.91. The van der Waals surface area contributed by atoms with Gasteiger partial charge in [0.1, 0.15) is 5.82 Å². The van der Waals surface area contributed by atoms with Crippen LogP contribution in [0.3, 0.4) is 0 Å². The maximum absolute atomic E-state index is 12.7. The first-order valence-electron chi connectivity index (χ1n) is 5.37. The Morgan fingerprint density at radius 1 is 1.29 bits per heavy atom. The number of carbonyl (C=O) groups is 1. The Morgan fingerprint density at radius 2 is 2.00 bits per heavy atom. The molecular formula is C13H12FNO2. The summed E-state index contributed by atoms with van der Waals surface area (Å²) in [5.41, 5.74) is 2.15. The average molecular weight is 233 g/mol. The molecule has 4 heteroatoms. The van der Waals surface area contributed by atoms with Crippen molar-refractivity contribution in [3.05, 3.63) is 47.3 Å². The number of hydrogen-bond acceptors (Lipinski definition) is 2. The molecule has 0 fully saturated rings. The standard InChI is InChI=1S/C13H12FNO2/c14-11-4-1-9(2-5-11)3-6-12-7-10(8-15-12)13(16)17/h1-2,4-5,7H,3,6,8H2,(H,16,17). The highest BCUT2D eigenvalue weighted by Gasteiger charge is 2.13. The van der Waals surface area contributed by atoms with Crippen LogP contribution >= 0.6 is 0 Å². The van der Waals surface area contributed by atoms with Crippen LogP contribution in [0.1, 0.15) is 12.0 Å². The maximum Gasteiger partial charge on any atom is 0.333 e. The number of hydrogen-bond donors (Lipinski definition) is 1. The van der Waals surface area contributed by atoms with Crippen LogP contribution in [0.5, 0.6) is 0 Å². The van der Waals surface area contributed by atoms with Crippen molar-refractivity contribution in [2.24, 2.45) is 4.99 Å². The van der Waals surface area contributed by atoms with Crippen LogP contribution in [-0.4, -0.2) is 23.3 Å². The van der Waals surface area contributed by atoms with Gasteiger partial charge >= 0.3 is 5.97 Å². The van der Waals surface area contributed by atoms with E-state index in [0.717, 1.165) is 17.7 Å². The van der Waals surface area contributed by atoms with Crippen LogP contribution in [0.15, 0.2) is 40.9 Å². The fourth-order valence-electron chi connectivity index (χ4n) is 1.68. The predicted octanol–water partition coefficient (Wildman–Crippen LogP) is 2.22. The second-order valence-corrected chi connectivity index (χ2v) is 3.91. The third-order valence-electron chi connectivity index (χ3n) is 2.65. The SMILES string of the molecule is O=C(O)C1=CC(CCc2ccc(F)cc2)=NC1. The van der Waals surface area contributed by atoms with Gasteiger partial charge in [-0.1, -0.05) is 12.1 Å². The van der Waals surface area contributed by atoms with E-state index in [0.29, 0.717) is 12.0 Å². The Hall–Kier alpha value is -1.97. The number of benzene rings is 1. The van der Waals surface area contributed by atoms with Gasteiger partial charge in [-0.2, -0.15) is 0 Å². The topological polar surface area (TPSA) is 49.7 Å². The number of allylic oxidation sites excluding steroid dienone is 1. The largest absolute Gasteiger partial charge is 0.478 e. The number of aliphatic carboxylic acids is 1. The molecule has 0 atom stereocenters. The van der Waals surface area contributed by atoms with E-state index in [9.17, 15) is 9.18 Å². The molecular weight excluding hydrogens is 221 g/mol. The number of halogens is 1. The molecule has 0 bridgehead atoms. The summed E-state index contributed by atoms with van der Waals surface area (Å²) in [6.07, 6.45) is 3.04. The van der Waals surface area contributed by atoms with Gasteiger partial charge in [-0.3, -0.25) is 4.99 Å². The molecule has 0 aromatic heterocycles. The zero-order valence-corrected chi connectivity index (χ0v) is 9.19. The van der Waals surface area contributed by atoms with E-state index >= 15 is 0 Å². The molecule has 1 aliphatic rings. The molecule has 0 radical (unpaired) electrons. The highest BCUT2D eigenvalue weighted by atomic mass is 19.1. The monoisotopic (exact) mass is 233 g/mol. The minimum absolute atomic E-state index is 0.250. The first-order chi connectivity index (χ1) is 8.15. The van der Waals surface area contributed by atoms with E-state index in [4.69, 9.17) is 5.11 Å². The van der Waals surface area contributed by atoms with E-state index in [2.05, 4.69) is 4.99 Å². The lowest BCUT2D eigenvalue weighted by molar-refractivity contribution is -0.132. The van der Waals surface area contributed by atoms with Crippen molar-refractivity contribution in [2.75, 3.05) is 6.54 Å². The Labute approximate surface area is 98.3 Å². The van der Waals surface area contributed by atoms with Gasteiger partial charge in [0, 0.05) is 5.71 Å². The normalized spacial score (nSPS) is 14.4. The second kappa shape index (κ2) is 4.91. The fraction of sp³-hybridized carbons (Fsp3) is 0.231. The van der Waals surface area contributed by atoms with Gasteiger partial charge in [-0.25, -0.2) is 9.18 Å². The highest BCUT2D eigenvalue weighted by Crippen LogP contribution is 2.11. The lowest BCUT2D eigenvalue weighted by atomic mass is 10.1. The van der Waals surface area contributed by atoms with Crippen LogP contribution in [0.2, 0.25) is 0 Å². The molecule has 0 saturated carbocycles. The summed E-state index contributed by atoms with van der Waals surface area (Å²) in [6, 6.07) is 6.30. The van der Waals surface area contributed by atoms with Crippen molar-refractivity contribution >= 4 is 11.7 Å². The van der Waals surface area contributed by atoms with Crippen molar-refractivity contribution in [1.29, 1.82) is 0 Å². The number of nitrogens with zero attached hydrogens (tertiary/aromatic N) is 1. The lowest BCUT2D eigenvalue weighted by Gasteiger charge is -1.99. The van der Waals surface area contributed by atoms with Crippen LogP contribution in [-0.2, 0) is 11.2 Å². The minimum Gasteiger partial charge on any atom is -0.478 e. The average Bonchev–Trinajstić information content (AvgIpc) is 2.77. The summed E-state index contributed by atoms with van der Waals surface area (Å²) < 4.78 is 12.7. The molecule has 3 nitrogen and oxygen atoms in total. The molecule has 0 aliphatic carbocycles. The molecule has 0 spiro atoms. The predicted molar refractivity (Wildman–Crippen MR) is 62.7 cm³/mol. The fourth-order valence-corrected chi connectivity index (χ4v) is 1.68. The molecule has 1 aromatic carbocycles. The number of aliphatic imine (C=N–C) groups is 1. The van der Waals surface area contributed by atoms with E-state index in [-0.39, 0.29) is 12.4 Å². The minimum atomic E-state index is -0.912. The van der Waals surface area contributed by atoms with Gasteiger partial charge in [-0.15, -0.1) is 0 Å². The molecule has 1 heterocycles. The third-order valence-corrected chi connectivity index (χ3v) is 2.65. The van der Waals surface area contributed by atoms with Gasteiger partial charge in [-0.05, 0) is 36.6 Å². The Bertz CT molecular complexity index is 489. The molecule has 2 rings (SSSR count). The van der Waals surface area contributed by atoms with Crippen molar-refractivity contribution < 1.29 is 14.3 Å². The quantitative estimate of drug-likeness (QED) is 0.866. The van der Waals surface area contributed by atoms with Crippen LogP contribution in [0, 0.1) is 5.82 Å². The molecule has 0 saturated heterocycles. The molecule has 1 aromatic rings. The van der Waals surface area contributed by atoms with Gasteiger partial charge in [0.25, 0.3) is 0 Å². The summed E-state index contributed by atoms with van der Waals surface area (Å²) in [4.78, 5) is 14.8. The molecule has 1 N–H and O–H groups in total. The summed E-state index contributed by atoms with van der Waals surface area (Å²) in [6.45, 7) is 0.258. The Morgan fingerprint density at radius 3 is 2.59 bits per heavy atom. The summed E-state index contributed by atoms with van der Waals surface area (Å²) >= 11 is 0. The van der Waals surface area contributed by atoms with Crippen LogP contribution in [0.4, 0.5) is 4.39 Å². The number of rotatable bonds is 4. The first-order valence-corrected chi connectivity index (χ1v) is 5.37. The zero-order chi connectivity index (χ0) is 12.3. The van der Waals surface area contributed by atoms with Gasteiger partial charge in [0.2, 0.25) is 0 Å². The Balaban J connectivity index is 1.92. The molecule has 17 heavy (non-hydrogen) atoms. The van der Waals surface area contributed by atoms with Gasteiger partial charge in [0.05, 0.1) is 12.1 Å². The van der Waals surface area contributed by atoms with E-state index in [1.807, 2.05) is 0 Å². The lowest BCUT2D eigenvalue weighted by Crippen LogP contribution is -2.00. The Kier molecular flexibility index (Phi) is 3.32. The molecule has 1 aliphatic heterocycles. The van der Waals surface area contributed by atoms with E-state index < -0.39 is 5.97 Å². The number of carboxylic acid groups (broad SMARTS) is 1. The zero-order valence-electron chi connectivity index (χ0n) is 9.19. The van der Waals surface area contributed by atoms with Gasteiger partial charge in [0.15, 0.2) is 0 Å². The van der Waals surface area contributed by atoms with Crippen LogP contribution < -0.4 is 0 Å². The summed E-state index contributed by atoms with van der Waals surface area (Å²) in [5.74, 6) is -1.16. The molecule has 0 unspecified atom stereocenters. The van der Waals surface area contributed by atoms with Crippen molar-refractivity contribution in [3.63, 3.8) is 0 Å². The van der Waals surface area contributed by atoms with Gasteiger partial charge < -0.3 is 5.11 Å². The maximum atomic E-state index is 12.7. The summed E-state index contributed by atoms with van der Waals surface area (Å²) in [5, 5.41) is 8.76. The summed E-state index contributed by atoms with van der Waals surface area (Å²) in [7, 11) is 0. The highest BCUT2D eigenvalue weighted by molar-refractivity contribution is 6.04. The smallest absolute Gasteiger partial charge is 0.333 e. The van der Waals surface area contributed by atoms with Crippen molar-refractivity contribution in [3.8, 4) is 0 Å². The number of carboxylic acids is 1. The van der Waals surface area contributed by atoms with E-state index in [1.165, 1.54) is 12.1 Å². The number of aryl methyl sites for hydroxylation is 1. The first kappa shape index (κ1) is 11.5. The third kappa shape index (κ3) is 3.00. The van der Waals surface area contributed by atoms with E-state index in [1.54, 1.807) is 18.2 Å².